The topological polar surface area (TPSA) is 31.4 Å². The van der Waals surface area contributed by atoms with E-state index in [9.17, 15) is 0 Å². The van der Waals surface area contributed by atoms with Gasteiger partial charge in [-0.15, -0.1) is 0 Å². The predicted molar refractivity (Wildman–Crippen MR) is 230 cm³/mol. The van der Waals surface area contributed by atoms with Gasteiger partial charge in [-0.3, -0.25) is 0 Å². The van der Waals surface area contributed by atoms with Crippen molar-refractivity contribution in [1.29, 1.82) is 0 Å². The van der Waals surface area contributed by atoms with Crippen molar-refractivity contribution in [3.63, 3.8) is 0 Å². The smallest absolute Gasteiger partial charge is 0.345 e. The number of allylic oxidation sites excluding steroid dienone is 4. The van der Waals surface area contributed by atoms with Crippen LogP contribution in [0.25, 0.3) is 55.0 Å². The second-order valence-corrected chi connectivity index (χ2v) is 13.4. The zero-order valence-electron chi connectivity index (χ0n) is 30.3. The van der Waals surface area contributed by atoms with Gasteiger partial charge < -0.3 is 18.8 Å². The third-order valence-corrected chi connectivity index (χ3v) is 10.3. The van der Waals surface area contributed by atoms with Crippen molar-refractivity contribution in [2.24, 2.45) is 4.90 Å². The molecule has 4 nitrogen and oxygen atoms in total. The molecule has 0 atom stereocenters. The zero-order valence-corrected chi connectivity index (χ0v) is 30.3. The van der Waals surface area contributed by atoms with E-state index in [0.29, 0.717) is 0 Å². The average Bonchev–Trinajstić information content (AvgIpc) is 3.75. The third kappa shape index (κ3) is 5.80. The molecule has 0 unspecified atom stereocenters. The number of hydrogen-bond donors (Lipinski definition) is 0. The first-order valence-electron chi connectivity index (χ1n) is 18.4. The fourth-order valence-electron chi connectivity index (χ4n) is 7.83. The van der Waals surface area contributed by atoms with Gasteiger partial charge in [-0.05, 0) is 84.6 Å². The van der Waals surface area contributed by atoms with Gasteiger partial charge in [-0.25, -0.2) is 0 Å². The summed E-state index contributed by atoms with van der Waals surface area (Å²) in [5.41, 5.74) is 10.9. The van der Waals surface area contributed by atoms with Crippen molar-refractivity contribution in [3.05, 3.63) is 200 Å². The van der Waals surface area contributed by atoms with Crippen molar-refractivity contribution in [3.8, 4) is 17.1 Å². The summed E-state index contributed by atoms with van der Waals surface area (Å²) >= 11 is 0. The van der Waals surface area contributed by atoms with E-state index in [2.05, 4.69) is 173 Å². The quantitative estimate of drug-likeness (QED) is 0.0840. The molecule has 7 aromatic carbocycles. The van der Waals surface area contributed by atoms with Crippen LogP contribution in [0, 0.1) is 0 Å². The highest BCUT2D eigenvalue weighted by molar-refractivity contribution is 6.85. The van der Waals surface area contributed by atoms with E-state index in [1.165, 1.54) is 32.6 Å². The molecule has 0 aliphatic rings. The Morgan fingerprint density at radius 2 is 1.00 bits per heavy atom. The molecule has 0 radical (unpaired) electrons. The van der Waals surface area contributed by atoms with Crippen LogP contribution in [-0.2, 0) is 0 Å². The number of rotatable bonds is 9. The van der Waals surface area contributed by atoms with Crippen LogP contribution in [0.1, 0.15) is 12.5 Å². The average molecular weight is 696 g/mol. The Balaban J connectivity index is 1.32. The minimum atomic E-state index is -0.327. The Bertz CT molecular complexity index is 2720. The van der Waals surface area contributed by atoms with E-state index in [1.807, 2.05) is 37.3 Å². The molecule has 9 rings (SSSR count). The standard InChI is InChI=1S/C49H38BN3O/c1-3-4-7-25-44(41-24-14-17-28-49(41)54-2)51-50(35-29-31-47-42(33-35)39-22-12-15-26-45(39)52(47)37-18-8-5-9-19-37)36-30-32-48-43(34-36)40-23-13-16-27-46(40)53(48)38-20-10-6-11-21-38/h3-34H,1-2H3/b4-3-,25-7-,51-44-. The van der Waals surface area contributed by atoms with Crippen molar-refractivity contribution < 1.29 is 4.74 Å². The van der Waals surface area contributed by atoms with Crippen molar-refractivity contribution in [2.45, 2.75) is 6.92 Å². The van der Waals surface area contributed by atoms with Gasteiger partial charge in [0.25, 0.3) is 0 Å². The molecule has 0 aliphatic heterocycles. The molecule has 2 aromatic heterocycles. The van der Waals surface area contributed by atoms with Crippen molar-refractivity contribution in [1.82, 2.24) is 9.13 Å². The number of nitrogens with zero attached hydrogens (tertiary/aromatic N) is 3. The predicted octanol–water partition coefficient (Wildman–Crippen LogP) is 10.6. The van der Waals surface area contributed by atoms with Gasteiger partial charge in [0.1, 0.15) is 5.75 Å². The Morgan fingerprint density at radius 1 is 0.519 bits per heavy atom. The van der Waals surface area contributed by atoms with Crippen LogP contribution in [-0.4, -0.2) is 28.8 Å². The van der Waals surface area contributed by atoms with E-state index in [-0.39, 0.29) is 6.85 Å². The summed E-state index contributed by atoms with van der Waals surface area (Å²) in [5, 5.41) is 4.80. The van der Waals surface area contributed by atoms with Gasteiger partial charge >= 0.3 is 6.85 Å². The van der Waals surface area contributed by atoms with Crippen LogP contribution in [0.15, 0.2) is 199 Å². The van der Waals surface area contributed by atoms with Gasteiger partial charge in [-0.1, -0.05) is 127 Å². The lowest BCUT2D eigenvalue weighted by Gasteiger charge is -2.15. The summed E-state index contributed by atoms with van der Waals surface area (Å²) in [7, 11) is 1.72. The van der Waals surface area contributed by atoms with E-state index >= 15 is 0 Å². The fraction of sp³-hybridized carbons (Fsp3) is 0.0408. The molecule has 54 heavy (non-hydrogen) atoms. The van der Waals surface area contributed by atoms with Gasteiger partial charge in [0.05, 0.1) is 34.9 Å². The Morgan fingerprint density at radius 3 is 1.54 bits per heavy atom. The first-order chi connectivity index (χ1) is 26.7. The summed E-state index contributed by atoms with van der Waals surface area (Å²) in [4.78, 5) is 5.67. The molecule has 5 heteroatoms. The molecule has 0 fully saturated rings. The molecular weight excluding hydrogens is 657 g/mol. The molecule has 0 amide bonds. The first kappa shape index (κ1) is 33.0. The number of hydrogen-bond acceptors (Lipinski definition) is 2. The molecule has 0 saturated carbocycles. The maximum absolute atomic E-state index is 5.89. The number of benzene rings is 7. The highest BCUT2D eigenvalue weighted by atomic mass is 16.5. The zero-order chi connectivity index (χ0) is 36.4. The van der Waals surface area contributed by atoms with Crippen LogP contribution in [0.5, 0.6) is 5.75 Å². The Labute approximate surface area is 315 Å². The van der Waals surface area contributed by atoms with Crippen LogP contribution < -0.4 is 15.7 Å². The Hall–Kier alpha value is -6.85. The minimum Gasteiger partial charge on any atom is -0.496 e. The van der Waals surface area contributed by atoms with E-state index in [1.54, 1.807) is 7.11 Å². The summed E-state index contributed by atoms with van der Waals surface area (Å²) in [6.07, 6.45) is 8.20. The summed E-state index contributed by atoms with van der Waals surface area (Å²) in [5.74, 6) is 0.780. The van der Waals surface area contributed by atoms with Gasteiger partial charge in [-0.2, -0.15) is 0 Å². The SMILES string of the molecule is C\C=C/C=C\C(=N\B(c1ccc2c(c1)c1ccccc1n2-c1ccccc1)c1ccc2c(c1)c1ccccc1n2-c1ccccc1)c1ccccc1OC. The highest BCUT2D eigenvalue weighted by Gasteiger charge is 2.25. The van der Waals surface area contributed by atoms with E-state index < -0.39 is 0 Å². The summed E-state index contributed by atoms with van der Waals surface area (Å²) in [6.45, 7) is 1.70. The minimum absolute atomic E-state index is 0.327. The van der Waals surface area contributed by atoms with E-state index in [4.69, 9.17) is 9.64 Å². The fourth-order valence-corrected chi connectivity index (χ4v) is 7.83. The second kappa shape index (κ2) is 14.3. The molecule has 9 aromatic rings. The monoisotopic (exact) mass is 695 g/mol. The van der Waals surface area contributed by atoms with Crippen molar-refractivity contribution in [2.75, 3.05) is 7.11 Å². The van der Waals surface area contributed by atoms with Gasteiger partial charge in [0, 0.05) is 38.5 Å². The molecule has 2 heterocycles. The van der Waals surface area contributed by atoms with Crippen LogP contribution in [0.2, 0.25) is 0 Å². The molecule has 0 bridgehead atoms. The van der Waals surface area contributed by atoms with Gasteiger partial charge in [0.2, 0.25) is 0 Å². The number of methoxy groups -OCH3 is 1. The number of aromatic nitrogens is 2. The van der Waals surface area contributed by atoms with Crippen molar-refractivity contribution >= 4 is 67.1 Å². The van der Waals surface area contributed by atoms with Crippen LogP contribution >= 0.6 is 0 Å². The number of ether oxygens (including phenoxy) is 1. The third-order valence-electron chi connectivity index (χ3n) is 10.3. The summed E-state index contributed by atoms with van der Waals surface area (Å²) in [6, 6.07) is 60.4. The number of para-hydroxylation sites is 5. The lowest BCUT2D eigenvalue weighted by Crippen LogP contribution is -2.41. The molecule has 0 spiro atoms. The van der Waals surface area contributed by atoms with Crippen LogP contribution in [0.3, 0.4) is 0 Å². The maximum Gasteiger partial charge on any atom is 0.345 e. The second-order valence-electron chi connectivity index (χ2n) is 13.4. The molecule has 258 valence electrons. The normalized spacial score (nSPS) is 12.2. The molecule has 0 N–H and O–H groups in total. The molecule has 0 aliphatic carbocycles. The lowest BCUT2D eigenvalue weighted by atomic mass is 9.51. The lowest BCUT2D eigenvalue weighted by molar-refractivity contribution is 0.414. The summed E-state index contributed by atoms with van der Waals surface area (Å²) < 4.78 is 10.6. The Kier molecular flexibility index (Phi) is 8.74. The number of fused-ring (bicyclic) bond motifs is 6. The first-order valence-corrected chi connectivity index (χ1v) is 18.4. The van der Waals surface area contributed by atoms with E-state index in [0.717, 1.165) is 50.4 Å². The van der Waals surface area contributed by atoms with Crippen LogP contribution in [0.4, 0.5) is 0 Å². The van der Waals surface area contributed by atoms with Gasteiger partial charge in [0.15, 0.2) is 0 Å². The maximum atomic E-state index is 5.89. The highest BCUT2D eigenvalue weighted by Crippen LogP contribution is 2.33. The molecular formula is C49H38BN3O. The molecule has 0 saturated heterocycles. The largest absolute Gasteiger partial charge is 0.496 e.